The van der Waals surface area contributed by atoms with Gasteiger partial charge >= 0.3 is 5.63 Å². The first kappa shape index (κ1) is 19.6. The number of likely N-dealkylation sites (tertiary alicyclic amines) is 1. The van der Waals surface area contributed by atoms with Crippen LogP contribution in [0.1, 0.15) is 47.4 Å². The fraction of sp³-hybridized carbons (Fsp3) is 0.370. The number of benzene rings is 2. The summed E-state index contributed by atoms with van der Waals surface area (Å²) in [5.74, 6) is 1.44. The molecule has 0 radical (unpaired) electrons. The van der Waals surface area contributed by atoms with E-state index >= 15 is 0 Å². The second-order valence-electron chi connectivity index (χ2n) is 9.27. The number of aromatic amines is 1. The fourth-order valence-electron chi connectivity index (χ4n) is 5.65. The van der Waals surface area contributed by atoms with Gasteiger partial charge in [-0.05, 0) is 104 Å². The molecule has 2 aliphatic rings. The van der Waals surface area contributed by atoms with E-state index in [1.54, 1.807) is 13.2 Å². The zero-order valence-electron chi connectivity index (χ0n) is 18.4. The van der Waals surface area contributed by atoms with Gasteiger partial charge < -0.3 is 14.1 Å². The molecule has 0 unspecified atom stereocenters. The lowest BCUT2D eigenvalue weighted by Gasteiger charge is -2.32. The van der Waals surface area contributed by atoms with E-state index in [9.17, 15) is 4.79 Å². The lowest BCUT2D eigenvalue weighted by Crippen LogP contribution is -2.32. The molecule has 3 heterocycles. The number of hydrogen-bond donors (Lipinski definition) is 1. The Morgan fingerprint density at radius 2 is 1.88 bits per heavy atom. The molecule has 0 saturated carbocycles. The van der Waals surface area contributed by atoms with Crippen LogP contribution in [0.2, 0.25) is 0 Å². The van der Waals surface area contributed by atoms with E-state index in [0.717, 1.165) is 67.6 Å². The molecular weight excluding hydrogens is 400 g/mol. The highest BCUT2D eigenvalue weighted by atomic mass is 16.5. The summed E-state index contributed by atoms with van der Waals surface area (Å²) in [7, 11) is 1.72. The minimum atomic E-state index is -0.243. The Morgan fingerprint density at radius 1 is 1.06 bits per heavy atom. The standard InChI is InChI=1S/C27H28N2O3/c1-31-21-5-6-25-23(14-21)24(15-28-25)17-7-9-29(10-8-17)16-20-13-27(30)32-26-12-19-4-2-3-18(19)11-22(20)26/h5-6,11-15,17,28H,2-4,7-10,16H2,1H3. The monoisotopic (exact) mass is 428 g/mol. The number of nitrogens with one attached hydrogen (secondary N) is 1. The topological polar surface area (TPSA) is 58.5 Å². The van der Waals surface area contributed by atoms with Crippen molar-refractivity contribution in [1.82, 2.24) is 9.88 Å². The number of nitrogens with zero attached hydrogens (tertiary/aromatic N) is 1. The molecule has 1 aliphatic heterocycles. The predicted molar refractivity (Wildman–Crippen MR) is 127 cm³/mol. The molecule has 6 rings (SSSR count). The zero-order valence-corrected chi connectivity index (χ0v) is 18.4. The maximum absolute atomic E-state index is 12.2. The first-order valence-corrected chi connectivity index (χ1v) is 11.6. The SMILES string of the molecule is COc1ccc2[nH]cc(C3CCN(Cc4cc(=O)oc5cc6c(cc45)CCC6)CC3)c2c1. The third-order valence-electron chi connectivity index (χ3n) is 7.38. The molecule has 5 nitrogen and oxygen atoms in total. The number of H-pyrrole nitrogens is 1. The fourth-order valence-corrected chi connectivity index (χ4v) is 5.65. The van der Waals surface area contributed by atoms with Crippen LogP contribution in [0.25, 0.3) is 21.9 Å². The Kier molecular flexibility index (Phi) is 4.80. The van der Waals surface area contributed by atoms with E-state index in [2.05, 4.69) is 40.3 Å². The van der Waals surface area contributed by atoms with Crippen molar-refractivity contribution < 1.29 is 9.15 Å². The smallest absolute Gasteiger partial charge is 0.336 e. The Balaban J connectivity index is 1.22. The number of fused-ring (bicyclic) bond motifs is 3. The highest BCUT2D eigenvalue weighted by Crippen LogP contribution is 2.35. The van der Waals surface area contributed by atoms with Gasteiger partial charge in [0, 0.05) is 35.1 Å². The number of hydrogen-bond acceptors (Lipinski definition) is 4. The van der Waals surface area contributed by atoms with Crippen molar-refractivity contribution in [3.8, 4) is 5.75 Å². The summed E-state index contributed by atoms with van der Waals surface area (Å²) in [5, 5.41) is 2.37. The van der Waals surface area contributed by atoms with E-state index in [1.165, 1.54) is 34.0 Å². The number of ether oxygens (including phenoxy) is 1. The first-order chi connectivity index (χ1) is 15.7. The molecule has 0 spiro atoms. The average Bonchev–Trinajstić information content (AvgIpc) is 3.44. The molecule has 0 amide bonds. The van der Waals surface area contributed by atoms with E-state index in [1.807, 2.05) is 6.07 Å². The van der Waals surface area contributed by atoms with Crippen molar-refractivity contribution in [3.63, 3.8) is 0 Å². The van der Waals surface area contributed by atoms with Crippen LogP contribution in [0.15, 0.2) is 51.8 Å². The summed E-state index contributed by atoms with van der Waals surface area (Å²) in [6.45, 7) is 2.84. The van der Waals surface area contributed by atoms with Crippen molar-refractivity contribution in [1.29, 1.82) is 0 Å². The van der Waals surface area contributed by atoms with Crippen molar-refractivity contribution in [2.75, 3.05) is 20.2 Å². The molecule has 164 valence electrons. The molecule has 1 fully saturated rings. The lowest BCUT2D eigenvalue weighted by atomic mass is 9.89. The maximum atomic E-state index is 12.2. The largest absolute Gasteiger partial charge is 0.497 e. The van der Waals surface area contributed by atoms with Crippen molar-refractivity contribution in [3.05, 3.63) is 75.3 Å². The van der Waals surface area contributed by atoms with Crippen LogP contribution in [-0.2, 0) is 19.4 Å². The summed E-state index contributed by atoms with van der Waals surface area (Å²) < 4.78 is 11.0. The second-order valence-corrected chi connectivity index (χ2v) is 9.27. The first-order valence-electron chi connectivity index (χ1n) is 11.6. The normalized spacial score (nSPS) is 17.3. The quantitative estimate of drug-likeness (QED) is 0.457. The van der Waals surface area contributed by atoms with Crippen LogP contribution in [0.5, 0.6) is 5.75 Å². The van der Waals surface area contributed by atoms with Crippen LogP contribution in [-0.4, -0.2) is 30.1 Å². The van der Waals surface area contributed by atoms with Gasteiger partial charge in [-0.2, -0.15) is 0 Å². The Morgan fingerprint density at radius 3 is 2.69 bits per heavy atom. The van der Waals surface area contributed by atoms with Crippen LogP contribution >= 0.6 is 0 Å². The molecule has 2 aromatic carbocycles. The number of aromatic nitrogens is 1. The third-order valence-corrected chi connectivity index (χ3v) is 7.38. The van der Waals surface area contributed by atoms with Gasteiger partial charge in [0.15, 0.2) is 0 Å². The van der Waals surface area contributed by atoms with E-state index in [-0.39, 0.29) is 5.63 Å². The lowest BCUT2D eigenvalue weighted by molar-refractivity contribution is 0.205. The van der Waals surface area contributed by atoms with Crippen LogP contribution < -0.4 is 10.4 Å². The van der Waals surface area contributed by atoms with Gasteiger partial charge in [0.2, 0.25) is 0 Å². The molecule has 1 N–H and O–H groups in total. The van der Waals surface area contributed by atoms with Gasteiger partial charge in [-0.1, -0.05) is 0 Å². The van der Waals surface area contributed by atoms with Crippen LogP contribution in [0.3, 0.4) is 0 Å². The number of methoxy groups -OCH3 is 1. The third kappa shape index (κ3) is 3.41. The van der Waals surface area contributed by atoms with E-state index in [4.69, 9.17) is 9.15 Å². The Hall–Kier alpha value is -3.05. The molecular formula is C27H28N2O3. The summed E-state index contributed by atoms with van der Waals surface area (Å²) in [4.78, 5) is 18.1. The van der Waals surface area contributed by atoms with Crippen LogP contribution in [0, 0.1) is 0 Å². The zero-order chi connectivity index (χ0) is 21.7. The summed E-state index contributed by atoms with van der Waals surface area (Å²) in [5.41, 5.74) is 6.92. The van der Waals surface area contributed by atoms with Gasteiger partial charge in [0.05, 0.1) is 7.11 Å². The maximum Gasteiger partial charge on any atom is 0.336 e. The van der Waals surface area contributed by atoms with Gasteiger partial charge in [-0.15, -0.1) is 0 Å². The Bertz CT molecular complexity index is 1360. The summed E-state index contributed by atoms with van der Waals surface area (Å²) in [6.07, 6.45) is 7.80. The van der Waals surface area contributed by atoms with Crippen molar-refractivity contribution in [2.24, 2.45) is 0 Å². The summed E-state index contributed by atoms with van der Waals surface area (Å²) in [6, 6.07) is 12.3. The second kappa shape index (κ2) is 7.82. The number of rotatable bonds is 4. The number of aryl methyl sites for hydroxylation is 2. The Labute approximate surface area is 187 Å². The molecule has 1 aliphatic carbocycles. The van der Waals surface area contributed by atoms with E-state index < -0.39 is 0 Å². The number of piperidine rings is 1. The molecule has 0 atom stereocenters. The van der Waals surface area contributed by atoms with Gasteiger partial charge in [-0.3, -0.25) is 4.90 Å². The predicted octanol–water partition coefficient (Wildman–Crippen LogP) is 5.15. The molecule has 0 bridgehead atoms. The van der Waals surface area contributed by atoms with E-state index in [0.29, 0.717) is 5.92 Å². The average molecular weight is 429 g/mol. The van der Waals surface area contributed by atoms with Gasteiger partial charge in [-0.25, -0.2) is 4.79 Å². The van der Waals surface area contributed by atoms with Gasteiger partial charge in [0.1, 0.15) is 11.3 Å². The van der Waals surface area contributed by atoms with Crippen molar-refractivity contribution in [2.45, 2.75) is 44.6 Å². The molecule has 5 heteroatoms. The van der Waals surface area contributed by atoms with Crippen molar-refractivity contribution >= 4 is 21.9 Å². The molecule has 1 saturated heterocycles. The minimum Gasteiger partial charge on any atom is -0.497 e. The van der Waals surface area contributed by atoms with Gasteiger partial charge in [0.25, 0.3) is 0 Å². The molecule has 2 aromatic heterocycles. The van der Waals surface area contributed by atoms with Crippen LogP contribution in [0.4, 0.5) is 0 Å². The minimum absolute atomic E-state index is 0.243. The highest BCUT2D eigenvalue weighted by molar-refractivity contribution is 5.85. The highest BCUT2D eigenvalue weighted by Gasteiger charge is 2.24. The molecule has 32 heavy (non-hydrogen) atoms. The summed E-state index contributed by atoms with van der Waals surface area (Å²) >= 11 is 0. The molecule has 4 aromatic rings.